The van der Waals surface area contributed by atoms with Crippen LogP contribution in [0, 0.1) is 0 Å². The number of rotatable bonds is 5. The number of phosphoric ester groups is 1. The maximum Gasteiger partial charge on any atom is 0.603 e. The van der Waals surface area contributed by atoms with Crippen molar-refractivity contribution in [3.05, 3.63) is 24.7 Å². The molecule has 0 aliphatic rings. The van der Waals surface area contributed by atoms with Crippen LogP contribution in [0.15, 0.2) is 24.7 Å². The van der Waals surface area contributed by atoms with Crippen molar-refractivity contribution >= 4 is 19.7 Å². The van der Waals surface area contributed by atoms with E-state index in [1.54, 1.807) is 13.8 Å². The van der Waals surface area contributed by atoms with Crippen molar-refractivity contribution in [1.29, 1.82) is 0 Å². The molecule has 0 N–H and O–H groups in total. The van der Waals surface area contributed by atoms with E-state index in [2.05, 4.69) is 13.1 Å². The average molecular weight is 213 g/mol. The Balaban J connectivity index is 4.14. The minimum atomic E-state index is -3.64. The van der Waals surface area contributed by atoms with Crippen molar-refractivity contribution in [2.24, 2.45) is 0 Å². The smallest absolute Gasteiger partial charge is 0.403 e. The first-order valence-electron chi connectivity index (χ1n) is 3.18. The molecular formula is C6H10ClO4P. The molecule has 0 saturated carbocycles. The highest BCUT2D eigenvalue weighted by Crippen LogP contribution is 2.51. The number of allylic oxidation sites excluding steroid dienone is 2. The Morgan fingerprint density at radius 2 is 1.58 bits per heavy atom. The van der Waals surface area contributed by atoms with Gasteiger partial charge in [0.1, 0.15) is 0 Å². The quantitative estimate of drug-likeness (QED) is 0.518. The topological polar surface area (TPSA) is 44.8 Å². The molecule has 0 heterocycles. The highest BCUT2D eigenvalue weighted by Gasteiger charge is 2.26. The fraction of sp³-hybridized carbons (Fsp3) is 0.333. The summed E-state index contributed by atoms with van der Waals surface area (Å²) >= 11 is 4.90. The Morgan fingerprint density at radius 1 is 1.17 bits per heavy atom. The van der Waals surface area contributed by atoms with Gasteiger partial charge in [-0.25, -0.2) is 4.57 Å². The highest BCUT2D eigenvalue weighted by atomic mass is 35.5. The third-order valence-corrected chi connectivity index (χ3v) is 2.17. The van der Waals surface area contributed by atoms with Crippen molar-refractivity contribution in [3.63, 3.8) is 0 Å². The highest BCUT2D eigenvalue weighted by molar-refractivity contribution is 7.49. The largest absolute Gasteiger partial charge is 0.603 e. The molecule has 0 aromatic rings. The standard InChI is InChI=1S/C6H10ClO4P/c1-3-5-9-12(8,11-7)10-6-4-2/h3-6H,1-2H3. The summed E-state index contributed by atoms with van der Waals surface area (Å²) in [6, 6.07) is 0. The van der Waals surface area contributed by atoms with Crippen LogP contribution in [0.5, 0.6) is 0 Å². The van der Waals surface area contributed by atoms with Gasteiger partial charge in [0.2, 0.25) is 0 Å². The van der Waals surface area contributed by atoms with E-state index >= 15 is 0 Å². The fourth-order valence-electron chi connectivity index (χ4n) is 0.328. The van der Waals surface area contributed by atoms with Crippen LogP contribution in [0.25, 0.3) is 0 Å². The summed E-state index contributed by atoms with van der Waals surface area (Å²) < 4.78 is 24.4. The second-order valence-electron chi connectivity index (χ2n) is 1.67. The Labute approximate surface area is 76.6 Å². The predicted molar refractivity (Wildman–Crippen MR) is 46.3 cm³/mol. The monoisotopic (exact) mass is 212 g/mol. The molecular weight excluding hydrogens is 202 g/mol. The lowest BCUT2D eigenvalue weighted by molar-refractivity contribution is 0.258. The minimum Gasteiger partial charge on any atom is -0.403 e. The third kappa shape index (κ3) is 4.44. The molecule has 0 fully saturated rings. The number of phosphoric acid groups is 1. The molecule has 0 spiro atoms. The van der Waals surface area contributed by atoms with Crippen molar-refractivity contribution in [3.8, 4) is 0 Å². The van der Waals surface area contributed by atoms with Crippen LogP contribution in [0.2, 0.25) is 0 Å². The van der Waals surface area contributed by atoms with E-state index in [0.717, 1.165) is 0 Å². The molecule has 0 saturated heterocycles. The maximum absolute atomic E-state index is 11.2. The van der Waals surface area contributed by atoms with Gasteiger partial charge in [-0.3, -0.25) is 0 Å². The van der Waals surface area contributed by atoms with Crippen molar-refractivity contribution in [1.82, 2.24) is 0 Å². The number of hydrogen-bond acceptors (Lipinski definition) is 4. The Bertz CT molecular complexity index is 196. The van der Waals surface area contributed by atoms with Gasteiger partial charge in [-0.1, -0.05) is 12.2 Å². The van der Waals surface area contributed by atoms with Crippen LogP contribution in [-0.4, -0.2) is 0 Å². The summed E-state index contributed by atoms with van der Waals surface area (Å²) in [7, 11) is -3.64. The van der Waals surface area contributed by atoms with E-state index in [1.807, 2.05) is 0 Å². The maximum atomic E-state index is 11.2. The second kappa shape index (κ2) is 6.12. The first kappa shape index (κ1) is 11.6. The van der Waals surface area contributed by atoms with Gasteiger partial charge in [-0.2, -0.15) is 4.08 Å². The number of hydrogen-bond donors (Lipinski definition) is 0. The SMILES string of the molecule is CC=COP(=O)(OCl)OC=CC. The molecule has 12 heavy (non-hydrogen) atoms. The van der Waals surface area contributed by atoms with Crippen molar-refractivity contribution in [2.45, 2.75) is 13.8 Å². The van der Waals surface area contributed by atoms with E-state index in [4.69, 9.17) is 11.9 Å². The van der Waals surface area contributed by atoms with E-state index in [-0.39, 0.29) is 0 Å². The molecule has 0 rings (SSSR count). The van der Waals surface area contributed by atoms with Crippen LogP contribution < -0.4 is 0 Å². The van der Waals surface area contributed by atoms with Crippen molar-refractivity contribution in [2.75, 3.05) is 0 Å². The molecule has 0 aromatic carbocycles. The second-order valence-corrected chi connectivity index (χ2v) is 3.53. The van der Waals surface area contributed by atoms with Crippen LogP contribution in [0.4, 0.5) is 0 Å². The first-order chi connectivity index (χ1) is 5.68. The molecule has 0 aliphatic heterocycles. The summed E-state index contributed by atoms with van der Waals surface area (Å²) in [5.74, 6) is 0. The lowest BCUT2D eigenvalue weighted by atomic mass is 10.8. The third-order valence-electron chi connectivity index (χ3n) is 0.737. The summed E-state index contributed by atoms with van der Waals surface area (Å²) in [6.45, 7) is 3.38. The predicted octanol–water partition coefficient (Wildman–Crippen LogP) is 3.37. The summed E-state index contributed by atoms with van der Waals surface area (Å²) in [6.07, 6.45) is 5.41. The van der Waals surface area contributed by atoms with Gasteiger partial charge < -0.3 is 9.05 Å². The average Bonchev–Trinajstić information content (AvgIpc) is 2.11. The minimum absolute atomic E-state index is 1.17. The van der Waals surface area contributed by atoms with E-state index < -0.39 is 7.82 Å². The van der Waals surface area contributed by atoms with Crippen LogP contribution in [0.3, 0.4) is 0 Å². The summed E-state index contributed by atoms with van der Waals surface area (Å²) in [5, 5.41) is 0. The first-order valence-corrected chi connectivity index (χ1v) is 4.95. The van der Waals surface area contributed by atoms with E-state index in [0.29, 0.717) is 0 Å². The van der Waals surface area contributed by atoms with Gasteiger partial charge >= 0.3 is 7.82 Å². The molecule has 70 valence electrons. The van der Waals surface area contributed by atoms with Gasteiger partial charge in [0.05, 0.1) is 24.4 Å². The molecule has 0 unspecified atom stereocenters. The van der Waals surface area contributed by atoms with Crippen LogP contribution in [0.1, 0.15) is 13.8 Å². The zero-order chi connectivity index (χ0) is 9.45. The lowest BCUT2D eigenvalue weighted by Crippen LogP contribution is -1.85. The molecule has 0 atom stereocenters. The Kier molecular flexibility index (Phi) is 5.89. The molecule has 6 heteroatoms. The zero-order valence-electron chi connectivity index (χ0n) is 6.77. The molecule has 0 amide bonds. The van der Waals surface area contributed by atoms with Crippen LogP contribution in [-0.2, 0) is 17.7 Å². The Morgan fingerprint density at radius 3 is 1.83 bits per heavy atom. The van der Waals surface area contributed by atoms with Gasteiger partial charge in [0.25, 0.3) is 0 Å². The molecule has 0 bridgehead atoms. The fourth-order valence-corrected chi connectivity index (χ4v) is 1.18. The Hall–Kier alpha value is -0.440. The van der Waals surface area contributed by atoms with Gasteiger partial charge in [-0.15, -0.1) is 0 Å². The van der Waals surface area contributed by atoms with Gasteiger partial charge in [0.15, 0.2) is 0 Å². The lowest BCUT2D eigenvalue weighted by Gasteiger charge is -2.09. The molecule has 0 radical (unpaired) electrons. The van der Waals surface area contributed by atoms with Crippen LogP contribution >= 0.6 is 19.7 Å². The van der Waals surface area contributed by atoms with Gasteiger partial charge in [0, 0.05) is 0 Å². The molecule has 4 nitrogen and oxygen atoms in total. The number of halogens is 1. The molecule has 0 aromatic heterocycles. The van der Waals surface area contributed by atoms with E-state index in [1.165, 1.54) is 24.7 Å². The zero-order valence-corrected chi connectivity index (χ0v) is 8.42. The summed E-state index contributed by atoms with van der Waals surface area (Å²) in [5.41, 5.74) is 0. The van der Waals surface area contributed by atoms with E-state index in [9.17, 15) is 4.57 Å². The summed E-state index contributed by atoms with van der Waals surface area (Å²) in [4.78, 5) is 0. The normalized spacial score (nSPS) is 16.6. The molecule has 0 aliphatic carbocycles. The van der Waals surface area contributed by atoms with Crippen molar-refractivity contribution < 1.29 is 17.7 Å². The van der Waals surface area contributed by atoms with Gasteiger partial charge in [-0.05, 0) is 13.8 Å².